The van der Waals surface area contributed by atoms with E-state index in [9.17, 15) is 22.8 Å². The lowest BCUT2D eigenvalue weighted by atomic mass is 10.0. The molecule has 0 unspecified atom stereocenters. The van der Waals surface area contributed by atoms with Crippen molar-refractivity contribution in [3.63, 3.8) is 0 Å². The summed E-state index contributed by atoms with van der Waals surface area (Å²) in [5.74, 6) is 1.00. The van der Waals surface area contributed by atoms with Crippen LogP contribution in [0.15, 0.2) is 21.3 Å². The standard InChI is InChI=1S/C18H20F3N5O3/c1-9(16(28)26-7-6-11(8-26)10-2-3-10)22-17-25-24-15(29-17)12-4-5-13(18(19,20)21)23-14(12)27/h4-5,9-11H,2-3,6-8H2,1H3,(H,22,25)(H,23,27)/t9-,11-/m1/s1. The Balaban J connectivity index is 1.41. The minimum absolute atomic E-state index is 0.0831. The second-order valence-electron chi connectivity index (χ2n) is 7.56. The molecular weight excluding hydrogens is 391 g/mol. The Morgan fingerprint density at radius 1 is 1.28 bits per heavy atom. The quantitative estimate of drug-likeness (QED) is 0.784. The Morgan fingerprint density at radius 2 is 2.03 bits per heavy atom. The van der Waals surface area contributed by atoms with Gasteiger partial charge in [-0.15, -0.1) is 5.10 Å². The maximum absolute atomic E-state index is 12.7. The van der Waals surface area contributed by atoms with E-state index in [4.69, 9.17) is 4.42 Å². The summed E-state index contributed by atoms with van der Waals surface area (Å²) < 4.78 is 43.3. The summed E-state index contributed by atoms with van der Waals surface area (Å²) in [6.45, 7) is 3.15. The van der Waals surface area contributed by atoms with E-state index in [2.05, 4.69) is 15.5 Å². The monoisotopic (exact) mass is 411 g/mol. The van der Waals surface area contributed by atoms with E-state index in [0.717, 1.165) is 37.6 Å². The van der Waals surface area contributed by atoms with E-state index in [1.54, 1.807) is 11.9 Å². The Labute approximate surface area is 163 Å². The number of alkyl halides is 3. The summed E-state index contributed by atoms with van der Waals surface area (Å²) in [6, 6.07) is 0.991. The van der Waals surface area contributed by atoms with Gasteiger partial charge in [-0.1, -0.05) is 5.10 Å². The molecule has 3 heterocycles. The van der Waals surface area contributed by atoms with Crippen LogP contribution in [0.5, 0.6) is 0 Å². The Kier molecular flexibility index (Phi) is 4.83. The molecule has 11 heteroatoms. The summed E-state index contributed by atoms with van der Waals surface area (Å²) in [7, 11) is 0. The third kappa shape index (κ3) is 4.13. The average molecular weight is 411 g/mol. The molecule has 0 radical (unpaired) electrons. The van der Waals surface area contributed by atoms with E-state index in [1.807, 2.05) is 4.90 Å². The molecule has 1 saturated carbocycles. The minimum Gasteiger partial charge on any atom is -0.403 e. The highest BCUT2D eigenvalue weighted by molar-refractivity contribution is 5.84. The van der Waals surface area contributed by atoms with Crippen molar-refractivity contribution in [2.75, 3.05) is 18.4 Å². The zero-order valence-electron chi connectivity index (χ0n) is 15.6. The van der Waals surface area contributed by atoms with E-state index >= 15 is 0 Å². The van der Waals surface area contributed by atoms with Gasteiger partial charge in [0.15, 0.2) is 0 Å². The Morgan fingerprint density at radius 3 is 2.69 bits per heavy atom. The number of anilines is 1. The number of hydrogen-bond donors (Lipinski definition) is 2. The lowest BCUT2D eigenvalue weighted by molar-refractivity contribution is -0.141. The van der Waals surface area contributed by atoms with Crippen molar-refractivity contribution in [3.8, 4) is 11.5 Å². The molecule has 0 aromatic carbocycles. The van der Waals surface area contributed by atoms with Crippen LogP contribution in [0.4, 0.5) is 19.2 Å². The first-order chi connectivity index (χ1) is 13.7. The third-order valence-corrected chi connectivity index (χ3v) is 5.41. The average Bonchev–Trinajstić information content (AvgIpc) is 3.21. The van der Waals surface area contributed by atoms with Gasteiger partial charge in [0.1, 0.15) is 17.3 Å². The first-order valence-corrected chi connectivity index (χ1v) is 9.42. The zero-order chi connectivity index (χ0) is 20.8. The van der Waals surface area contributed by atoms with Crippen LogP contribution in [0, 0.1) is 11.8 Å². The molecule has 4 rings (SSSR count). The van der Waals surface area contributed by atoms with E-state index in [-0.39, 0.29) is 23.4 Å². The van der Waals surface area contributed by atoms with Crippen LogP contribution in [0.3, 0.4) is 0 Å². The summed E-state index contributed by atoms with van der Waals surface area (Å²) in [5.41, 5.74) is -2.36. The van der Waals surface area contributed by atoms with Gasteiger partial charge in [0.05, 0.1) is 0 Å². The van der Waals surface area contributed by atoms with Crippen molar-refractivity contribution in [1.29, 1.82) is 0 Å². The van der Waals surface area contributed by atoms with E-state index < -0.39 is 23.5 Å². The van der Waals surface area contributed by atoms with Crippen LogP contribution in [0.2, 0.25) is 0 Å². The number of likely N-dealkylation sites (tertiary alicyclic amines) is 1. The minimum atomic E-state index is -4.66. The molecule has 2 aliphatic rings. The number of aromatic amines is 1. The third-order valence-electron chi connectivity index (χ3n) is 5.41. The van der Waals surface area contributed by atoms with Gasteiger partial charge in [-0.25, -0.2) is 0 Å². The van der Waals surface area contributed by atoms with E-state index in [1.165, 1.54) is 12.8 Å². The molecule has 2 fully saturated rings. The number of H-pyrrole nitrogens is 1. The van der Waals surface area contributed by atoms with Crippen LogP contribution < -0.4 is 10.9 Å². The lowest BCUT2D eigenvalue weighted by Crippen LogP contribution is -2.40. The number of carbonyl (C=O) groups is 1. The fourth-order valence-electron chi connectivity index (χ4n) is 3.66. The van der Waals surface area contributed by atoms with Crippen molar-refractivity contribution in [2.24, 2.45) is 11.8 Å². The number of pyridine rings is 1. The Bertz CT molecular complexity index is 966. The summed E-state index contributed by atoms with van der Waals surface area (Å²) in [5, 5.41) is 10.2. The van der Waals surface area contributed by atoms with Gasteiger partial charge >= 0.3 is 12.2 Å². The van der Waals surface area contributed by atoms with Crippen LogP contribution in [-0.4, -0.2) is 45.1 Å². The number of carbonyl (C=O) groups excluding carboxylic acids is 1. The van der Waals surface area contributed by atoms with Crippen molar-refractivity contribution >= 4 is 11.9 Å². The number of nitrogens with one attached hydrogen (secondary N) is 2. The zero-order valence-corrected chi connectivity index (χ0v) is 15.6. The fraction of sp³-hybridized carbons (Fsp3) is 0.556. The molecule has 1 aliphatic carbocycles. The molecule has 1 aliphatic heterocycles. The summed E-state index contributed by atoms with van der Waals surface area (Å²) in [4.78, 5) is 28.1. The largest absolute Gasteiger partial charge is 0.431 e. The number of halogens is 3. The topological polar surface area (TPSA) is 104 Å². The lowest BCUT2D eigenvalue weighted by Gasteiger charge is -2.21. The van der Waals surface area contributed by atoms with Gasteiger partial charge in [-0.05, 0) is 50.2 Å². The molecule has 2 aromatic rings. The molecule has 0 bridgehead atoms. The second-order valence-corrected chi connectivity index (χ2v) is 7.56. The van der Waals surface area contributed by atoms with Crippen LogP contribution in [0.25, 0.3) is 11.5 Å². The second kappa shape index (κ2) is 7.20. The van der Waals surface area contributed by atoms with Crippen molar-refractivity contribution in [1.82, 2.24) is 20.1 Å². The van der Waals surface area contributed by atoms with Crippen molar-refractivity contribution in [3.05, 3.63) is 28.2 Å². The molecule has 1 saturated heterocycles. The summed E-state index contributed by atoms with van der Waals surface area (Å²) >= 11 is 0. The normalized spacial score (nSPS) is 20.7. The fourth-order valence-corrected chi connectivity index (χ4v) is 3.66. The number of amides is 1. The number of hydrogen-bond acceptors (Lipinski definition) is 6. The van der Waals surface area contributed by atoms with Crippen LogP contribution in [-0.2, 0) is 11.0 Å². The van der Waals surface area contributed by atoms with Gasteiger partial charge in [-0.2, -0.15) is 13.2 Å². The van der Waals surface area contributed by atoms with Gasteiger partial charge < -0.3 is 19.6 Å². The molecule has 1 amide bonds. The predicted molar refractivity (Wildman–Crippen MR) is 95.9 cm³/mol. The molecule has 0 spiro atoms. The Hall–Kier alpha value is -2.85. The molecular formula is C18H20F3N5O3. The smallest absolute Gasteiger partial charge is 0.403 e. The van der Waals surface area contributed by atoms with Crippen LogP contribution in [0.1, 0.15) is 31.9 Å². The highest BCUT2D eigenvalue weighted by atomic mass is 19.4. The molecule has 29 heavy (non-hydrogen) atoms. The maximum atomic E-state index is 12.7. The number of nitrogens with zero attached hydrogens (tertiary/aromatic N) is 3. The van der Waals surface area contributed by atoms with Gasteiger partial charge in [0.2, 0.25) is 5.91 Å². The van der Waals surface area contributed by atoms with Crippen molar-refractivity contribution < 1.29 is 22.4 Å². The van der Waals surface area contributed by atoms with Gasteiger partial charge in [0.25, 0.3) is 11.4 Å². The first-order valence-electron chi connectivity index (χ1n) is 9.42. The van der Waals surface area contributed by atoms with Crippen LogP contribution >= 0.6 is 0 Å². The molecule has 2 aromatic heterocycles. The molecule has 2 N–H and O–H groups in total. The highest BCUT2D eigenvalue weighted by Gasteiger charge is 2.38. The number of aromatic nitrogens is 3. The van der Waals surface area contributed by atoms with Crippen molar-refractivity contribution in [2.45, 2.75) is 38.4 Å². The number of rotatable bonds is 5. The van der Waals surface area contributed by atoms with Gasteiger partial charge in [0, 0.05) is 13.1 Å². The van der Waals surface area contributed by atoms with Gasteiger partial charge in [-0.3, -0.25) is 9.59 Å². The van der Waals surface area contributed by atoms with E-state index in [0.29, 0.717) is 5.92 Å². The predicted octanol–water partition coefficient (Wildman–Crippen LogP) is 2.50. The molecule has 8 nitrogen and oxygen atoms in total. The highest BCUT2D eigenvalue weighted by Crippen LogP contribution is 2.41. The molecule has 2 atom stereocenters. The molecule has 156 valence electrons. The summed E-state index contributed by atoms with van der Waals surface area (Å²) in [6.07, 6.45) is -1.16. The SMILES string of the molecule is C[C@@H](Nc1nnc(-c2ccc(C(F)(F)F)[nH]c2=O)o1)C(=O)N1CC[C@@H](C2CC2)C1. The maximum Gasteiger partial charge on any atom is 0.431 e. The first kappa shape index (κ1) is 19.5.